The molecule has 1 aliphatic heterocycles. The maximum atomic E-state index is 5.86. The Balaban J connectivity index is 1.45. The average molecular weight is 347 g/mol. The summed E-state index contributed by atoms with van der Waals surface area (Å²) in [6, 6.07) is 3.79. The number of nitrogens with zero attached hydrogens (tertiary/aromatic N) is 4. The summed E-state index contributed by atoms with van der Waals surface area (Å²) in [7, 11) is 0. The molecule has 0 aromatic carbocycles. The number of hydrogen-bond donors (Lipinski definition) is 1. The predicted molar refractivity (Wildman–Crippen MR) is 96.3 cm³/mol. The Morgan fingerprint density at radius 1 is 1.46 bits per heavy atom. The standard InChI is InChI=1S/C17H25N5OS/c1-2-3-6-17-20-14(13-24-17)11-22-8-9-23-15(12-22)10-18-16-5-4-7-19-21-16/h4-5,7,13,15H,2-3,6,8-12H2,1H3,(H,18,21). The van der Waals surface area contributed by atoms with E-state index in [1.807, 2.05) is 12.1 Å². The third-order valence-corrected chi connectivity index (χ3v) is 4.99. The van der Waals surface area contributed by atoms with Gasteiger partial charge in [0.25, 0.3) is 0 Å². The van der Waals surface area contributed by atoms with Crippen LogP contribution >= 0.6 is 11.3 Å². The van der Waals surface area contributed by atoms with Crippen molar-refractivity contribution >= 4 is 17.2 Å². The number of aromatic nitrogens is 3. The third kappa shape index (κ3) is 5.22. The molecule has 1 N–H and O–H groups in total. The van der Waals surface area contributed by atoms with Crippen LogP contribution in [0.2, 0.25) is 0 Å². The van der Waals surface area contributed by atoms with Crippen molar-refractivity contribution in [1.82, 2.24) is 20.1 Å². The van der Waals surface area contributed by atoms with Gasteiger partial charge in [-0.25, -0.2) is 4.98 Å². The molecular weight excluding hydrogens is 322 g/mol. The maximum absolute atomic E-state index is 5.86. The Bertz CT molecular complexity index is 606. The van der Waals surface area contributed by atoms with E-state index in [4.69, 9.17) is 9.72 Å². The molecule has 1 atom stereocenters. The van der Waals surface area contributed by atoms with Gasteiger partial charge in [-0.05, 0) is 25.0 Å². The molecule has 130 valence electrons. The molecule has 2 aromatic rings. The van der Waals surface area contributed by atoms with Gasteiger partial charge >= 0.3 is 0 Å². The second-order valence-corrected chi connectivity index (χ2v) is 7.00. The Morgan fingerprint density at radius 2 is 2.42 bits per heavy atom. The number of aryl methyl sites for hydroxylation is 1. The van der Waals surface area contributed by atoms with Crippen molar-refractivity contribution in [2.24, 2.45) is 0 Å². The van der Waals surface area contributed by atoms with Crippen LogP contribution < -0.4 is 5.32 Å². The van der Waals surface area contributed by atoms with Gasteiger partial charge in [0.2, 0.25) is 0 Å². The van der Waals surface area contributed by atoms with Crippen LogP contribution in [0.5, 0.6) is 0 Å². The van der Waals surface area contributed by atoms with E-state index in [1.54, 1.807) is 17.5 Å². The van der Waals surface area contributed by atoms with Crippen molar-refractivity contribution in [3.05, 3.63) is 34.4 Å². The minimum Gasteiger partial charge on any atom is -0.374 e. The van der Waals surface area contributed by atoms with E-state index in [9.17, 15) is 0 Å². The van der Waals surface area contributed by atoms with Gasteiger partial charge in [0.15, 0.2) is 0 Å². The van der Waals surface area contributed by atoms with Gasteiger partial charge in [0.1, 0.15) is 5.82 Å². The number of thiazole rings is 1. The normalized spacial score (nSPS) is 18.6. The van der Waals surface area contributed by atoms with Crippen molar-refractivity contribution in [1.29, 1.82) is 0 Å². The van der Waals surface area contributed by atoms with Crippen LogP contribution in [-0.4, -0.2) is 52.4 Å². The Hall–Kier alpha value is -1.57. The zero-order valence-electron chi connectivity index (χ0n) is 14.1. The number of morpholine rings is 1. The van der Waals surface area contributed by atoms with E-state index in [1.165, 1.54) is 23.5 Å². The minimum atomic E-state index is 0.166. The average Bonchev–Trinajstić information content (AvgIpc) is 3.07. The molecule has 1 fully saturated rings. The smallest absolute Gasteiger partial charge is 0.148 e. The molecule has 0 radical (unpaired) electrons. The minimum absolute atomic E-state index is 0.166. The Morgan fingerprint density at radius 3 is 3.25 bits per heavy atom. The molecular formula is C17H25N5OS. The van der Waals surface area contributed by atoms with Gasteiger partial charge in [0, 0.05) is 37.8 Å². The van der Waals surface area contributed by atoms with Crippen molar-refractivity contribution in [3.63, 3.8) is 0 Å². The summed E-state index contributed by atoms with van der Waals surface area (Å²) in [5.74, 6) is 0.790. The highest BCUT2D eigenvalue weighted by Gasteiger charge is 2.21. The SMILES string of the molecule is CCCCc1nc(CN2CCOC(CNc3cccnn3)C2)cs1. The molecule has 3 heterocycles. The van der Waals surface area contributed by atoms with Crippen LogP contribution in [-0.2, 0) is 17.7 Å². The van der Waals surface area contributed by atoms with E-state index in [-0.39, 0.29) is 6.10 Å². The second kappa shape index (κ2) is 9.05. The van der Waals surface area contributed by atoms with E-state index < -0.39 is 0 Å². The van der Waals surface area contributed by atoms with E-state index in [0.717, 1.165) is 45.0 Å². The maximum Gasteiger partial charge on any atom is 0.148 e. The number of nitrogens with one attached hydrogen (secondary N) is 1. The zero-order chi connectivity index (χ0) is 16.6. The second-order valence-electron chi connectivity index (χ2n) is 6.05. The molecule has 6 nitrogen and oxygen atoms in total. The van der Waals surface area contributed by atoms with Gasteiger partial charge in [-0.15, -0.1) is 16.4 Å². The van der Waals surface area contributed by atoms with Crippen LogP contribution in [0.1, 0.15) is 30.5 Å². The Kier molecular flexibility index (Phi) is 6.51. The summed E-state index contributed by atoms with van der Waals surface area (Å²) < 4.78 is 5.86. The summed E-state index contributed by atoms with van der Waals surface area (Å²) in [6.45, 7) is 6.51. The molecule has 3 rings (SSSR count). The van der Waals surface area contributed by atoms with E-state index >= 15 is 0 Å². The van der Waals surface area contributed by atoms with Crippen molar-refractivity contribution in [2.75, 3.05) is 31.6 Å². The number of unbranched alkanes of at least 4 members (excludes halogenated alkanes) is 1. The van der Waals surface area contributed by atoms with Crippen molar-refractivity contribution in [3.8, 4) is 0 Å². The van der Waals surface area contributed by atoms with Crippen LogP contribution in [0.15, 0.2) is 23.7 Å². The van der Waals surface area contributed by atoms with Crippen LogP contribution in [0.25, 0.3) is 0 Å². The molecule has 0 saturated carbocycles. The van der Waals surface area contributed by atoms with Crippen molar-refractivity contribution in [2.45, 2.75) is 38.8 Å². The number of anilines is 1. The number of rotatable bonds is 8. The molecule has 7 heteroatoms. The fraction of sp³-hybridized carbons (Fsp3) is 0.588. The first-order valence-corrected chi connectivity index (χ1v) is 9.50. The fourth-order valence-electron chi connectivity index (χ4n) is 2.76. The van der Waals surface area contributed by atoms with Gasteiger partial charge in [-0.1, -0.05) is 13.3 Å². The molecule has 1 saturated heterocycles. The van der Waals surface area contributed by atoms with Gasteiger partial charge in [-0.3, -0.25) is 4.90 Å². The summed E-state index contributed by atoms with van der Waals surface area (Å²) in [4.78, 5) is 7.18. The highest BCUT2D eigenvalue weighted by molar-refractivity contribution is 7.09. The lowest BCUT2D eigenvalue weighted by molar-refractivity contribution is -0.0244. The lowest BCUT2D eigenvalue weighted by Crippen LogP contribution is -2.44. The first-order chi connectivity index (χ1) is 11.8. The molecule has 0 spiro atoms. The summed E-state index contributed by atoms with van der Waals surface area (Å²) in [5, 5.41) is 14.7. The highest BCUT2D eigenvalue weighted by Crippen LogP contribution is 2.16. The quantitative estimate of drug-likeness (QED) is 0.792. The first kappa shape index (κ1) is 17.3. The molecule has 2 aromatic heterocycles. The Labute approximate surface area is 147 Å². The molecule has 0 amide bonds. The summed E-state index contributed by atoms with van der Waals surface area (Å²) >= 11 is 1.79. The first-order valence-electron chi connectivity index (χ1n) is 8.62. The third-order valence-electron chi connectivity index (χ3n) is 4.04. The molecule has 0 aliphatic carbocycles. The summed E-state index contributed by atoms with van der Waals surface area (Å²) in [5.41, 5.74) is 1.19. The lowest BCUT2D eigenvalue weighted by atomic mass is 10.2. The van der Waals surface area contributed by atoms with Gasteiger partial charge in [-0.2, -0.15) is 5.10 Å². The number of ether oxygens (including phenoxy) is 1. The molecule has 0 bridgehead atoms. The van der Waals surface area contributed by atoms with Crippen LogP contribution in [0, 0.1) is 0 Å². The van der Waals surface area contributed by atoms with E-state index in [2.05, 4.69) is 32.7 Å². The largest absolute Gasteiger partial charge is 0.374 e. The van der Waals surface area contributed by atoms with Crippen LogP contribution in [0.4, 0.5) is 5.82 Å². The molecule has 1 unspecified atom stereocenters. The predicted octanol–water partition coefficient (Wildman–Crippen LogP) is 2.59. The van der Waals surface area contributed by atoms with Crippen molar-refractivity contribution < 1.29 is 4.74 Å². The molecule has 24 heavy (non-hydrogen) atoms. The highest BCUT2D eigenvalue weighted by atomic mass is 32.1. The number of hydrogen-bond acceptors (Lipinski definition) is 7. The zero-order valence-corrected chi connectivity index (χ0v) is 15.0. The van der Waals surface area contributed by atoms with Gasteiger partial charge < -0.3 is 10.1 Å². The fourth-order valence-corrected chi connectivity index (χ4v) is 3.59. The lowest BCUT2D eigenvalue weighted by Gasteiger charge is -2.32. The van der Waals surface area contributed by atoms with Gasteiger partial charge in [0.05, 0.1) is 23.4 Å². The van der Waals surface area contributed by atoms with Crippen LogP contribution in [0.3, 0.4) is 0 Å². The summed E-state index contributed by atoms with van der Waals surface area (Å²) in [6.07, 6.45) is 5.39. The van der Waals surface area contributed by atoms with E-state index in [0.29, 0.717) is 0 Å². The monoisotopic (exact) mass is 347 g/mol. The topological polar surface area (TPSA) is 63.2 Å². The molecule has 1 aliphatic rings.